The van der Waals surface area contributed by atoms with Gasteiger partial charge in [0.1, 0.15) is 11.7 Å². The number of nitrogens with zero attached hydrogens (tertiary/aromatic N) is 2. The second-order valence-corrected chi connectivity index (χ2v) is 6.11. The van der Waals surface area contributed by atoms with Gasteiger partial charge in [-0.3, -0.25) is 9.59 Å². The van der Waals surface area contributed by atoms with Crippen molar-refractivity contribution < 1.29 is 9.59 Å². The maximum Gasteiger partial charge on any atom is 0.257 e. The number of nitrogens with one attached hydrogen (secondary N) is 2. The lowest BCUT2D eigenvalue weighted by atomic mass is 10.00. The number of hydrogen-bond acceptors (Lipinski definition) is 3. The molecular formula is C19H18N4O2. The molecule has 0 bridgehead atoms. The number of H-pyrrole nitrogens is 1. The third kappa shape index (κ3) is 2.55. The van der Waals surface area contributed by atoms with E-state index in [2.05, 4.69) is 15.3 Å². The Balaban J connectivity index is 1.64. The molecule has 2 aromatic heterocycles. The highest BCUT2D eigenvalue weighted by molar-refractivity contribution is 6.10. The Hall–Kier alpha value is -3.15. The van der Waals surface area contributed by atoms with Crippen LogP contribution in [0.1, 0.15) is 29.3 Å². The average Bonchev–Trinajstić information content (AvgIpc) is 3.06. The van der Waals surface area contributed by atoms with Gasteiger partial charge in [-0.1, -0.05) is 25.1 Å². The Morgan fingerprint density at radius 2 is 2.12 bits per heavy atom. The maximum absolute atomic E-state index is 12.9. The summed E-state index contributed by atoms with van der Waals surface area (Å²) in [4.78, 5) is 34.6. The van der Waals surface area contributed by atoms with Gasteiger partial charge in [0.15, 0.2) is 0 Å². The summed E-state index contributed by atoms with van der Waals surface area (Å²) in [6.07, 6.45) is 3.94. The Morgan fingerprint density at radius 1 is 1.32 bits per heavy atom. The van der Waals surface area contributed by atoms with Gasteiger partial charge >= 0.3 is 0 Å². The van der Waals surface area contributed by atoms with Crippen LogP contribution in [0.5, 0.6) is 0 Å². The van der Waals surface area contributed by atoms with Crippen molar-refractivity contribution in [3.05, 3.63) is 59.9 Å². The summed E-state index contributed by atoms with van der Waals surface area (Å²) >= 11 is 0. The summed E-state index contributed by atoms with van der Waals surface area (Å²) in [7, 11) is 0. The third-order valence-electron chi connectivity index (χ3n) is 4.60. The lowest BCUT2D eigenvalue weighted by Gasteiger charge is -2.33. The van der Waals surface area contributed by atoms with Crippen molar-refractivity contribution in [3.63, 3.8) is 0 Å². The van der Waals surface area contributed by atoms with E-state index in [1.807, 2.05) is 43.3 Å². The van der Waals surface area contributed by atoms with Crippen LogP contribution in [0.15, 0.2) is 48.8 Å². The number of amides is 2. The van der Waals surface area contributed by atoms with E-state index >= 15 is 0 Å². The van der Waals surface area contributed by atoms with E-state index in [0.717, 1.165) is 16.6 Å². The predicted molar refractivity (Wildman–Crippen MR) is 95.1 cm³/mol. The molecule has 1 unspecified atom stereocenters. The Kier molecular flexibility index (Phi) is 3.72. The fourth-order valence-electron chi connectivity index (χ4n) is 3.38. The zero-order chi connectivity index (χ0) is 17.4. The van der Waals surface area contributed by atoms with Crippen LogP contribution in [0.25, 0.3) is 11.0 Å². The first kappa shape index (κ1) is 15.4. The molecule has 6 heteroatoms. The van der Waals surface area contributed by atoms with Gasteiger partial charge in [-0.15, -0.1) is 0 Å². The number of para-hydroxylation sites is 1. The minimum Gasteiger partial charge on any atom is -0.345 e. The van der Waals surface area contributed by atoms with Gasteiger partial charge in [0.25, 0.3) is 5.91 Å². The number of hydrogen-bond donors (Lipinski definition) is 2. The van der Waals surface area contributed by atoms with Crippen LogP contribution in [0.4, 0.5) is 5.69 Å². The molecule has 4 rings (SSSR count). The minimum absolute atomic E-state index is 0.137. The van der Waals surface area contributed by atoms with Crippen LogP contribution >= 0.6 is 0 Å². The smallest absolute Gasteiger partial charge is 0.257 e. The second kappa shape index (κ2) is 6.05. The largest absolute Gasteiger partial charge is 0.345 e. The van der Waals surface area contributed by atoms with Crippen LogP contribution in [-0.4, -0.2) is 32.7 Å². The van der Waals surface area contributed by atoms with Gasteiger partial charge in [0.2, 0.25) is 5.91 Å². The first-order valence-electron chi connectivity index (χ1n) is 8.31. The molecule has 1 aliphatic heterocycles. The number of carbonyl (C=O) groups is 2. The molecule has 126 valence electrons. The zero-order valence-electron chi connectivity index (χ0n) is 13.8. The van der Waals surface area contributed by atoms with Crippen molar-refractivity contribution in [2.45, 2.75) is 25.9 Å². The molecule has 0 saturated carbocycles. The molecule has 25 heavy (non-hydrogen) atoms. The van der Waals surface area contributed by atoms with Crippen molar-refractivity contribution in [1.82, 2.24) is 14.9 Å². The highest BCUT2D eigenvalue weighted by Crippen LogP contribution is 2.30. The highest BCUT2D eigenvalue weighted by atomic mass is 16.2. The zero-order valence-corrected chi connectivity index (χ0v) is 13.8. The van der Waals surface area contributed by atoms with Crippen LogP contribution in [-0.2, 0) is 11.3 Å². The number of rotatable bonds is 4. The number of pyridine rings is 1. The van der Waals surface area contributed by atoms with Crippen molar-refractivity contribution in [3.8, 4) is 0 Å². The molecule has 3 heterocycles. The summed E-state index contributed by atoms with van der Waals surface area (Å²) in [5.74, 6) is -0.312. The molecule has 0 spiro atoms. The van der Waals surface area contributed by atoms with Gasteiger partial charge < -0.3 is 15.2 Å². The van der Waals surface area contributed by atoms with Crippen LogP contribution < -0.4 is 5.32 Å². The lowest BCUT2D eigenvalue weighted by molar-refractivity contribution is -0.120. The van der Waals surface area contributed by atoms with Gasteiger partial charge in [-0.2, -0.15) is 0 Å². The normalized spacial score (nSPS) is 14.6. The SMILES string of the molecule is CCC(C(=O)Nc1ccccc1)N1Cc2ccnc3[nH]cc(c23)C1=O. The van der Waals surface area contributed by atoms with Crippen molar-refractivity contribution in [1.29, 1.82) is 0 Å². The van der Waals surface area contributed by atoms with E-state index in [1.54, 1.807) is 17.3 Å². The van der Waals surface area contributed by atoms with Gasteiger partial charge in [0, 0.05) is 30.0 Å². The molecule has 6 nitrogen and oxygen atoms in total. The number of benzene rings is 1. The quantitative estimate of drug-likeness (QED) is 0.770. The first-order valence-corrected chi connectivity index (χ1v) is 8.31. The van der Waals surface area contributed by atoms with Crippen molar-refractivity contribution in [2.24, 2.45) is 0 Å². The van der Waals surface area contributed by atoms with E-state index in [9.17, 15) is 9.59 Å². The average molecular weight is 334 g/mol. The molecular weight excluding hydrogens is 316 g/mol. The maximum atomic E-state index is 12.9. The summed E-state index contributed by atoms with van der Waals surface area (Å²) in [6, 6.07) is 10.7. The second-order valence-electron chi connectivity index (χ2n) is 6.11. The standard InChI is InChI=1S/C19H18N4O2/c1-2-15(18(24)22-13-6-4-3-5-7-13)23-11-12-8-9-20-17-16(12)14(10-21-17)19(23)25/h3-10,15H,2,11H2,1H3,(H,20,21)(H,22,24). The molecule has 2 amide bonds. The summed E-state index contributed by atoms with van der Waals surface area (Å²) in [6.45, 7) is 2.32. The van der Waals surface area contributed by atoms with E-state index < -0.39 is 6.04 Å². The topological polar surface area (TPSA) is 78.1 Å². The molecule has 0 fully saturated rings. The van der Waals surface area contributed by atoms with Crippen molar-refractivity contribution >= 4 is 28.5 Å². The van der Waals surface area contributed by atoms with E-state index in [-0.39, 0.29) is 11.8 Å². The summed E-state index contributed by atoms with van der Waals surface area (Å²) < 4.78 is 0. The molecule has 0 radical (unpaired) electrons. The van der Waals surface area contributed by atoms with E-state index in [0.29, 0.717) is 24.2 Å². The Labute approximate surface area is 144 Å². The number of aromatic amines is 1. The van der Waals surface area contributed by atoms with Crippen LogP contribution in [0.2, 0.25) is 0 Å². The Bertz CT molecular complexity index is 948. The predicted octanol–water partition coefficient (Wildman–Crippen LogP) is 2.94. The van der Waals surface area contributed by atoms with Gasteiger partial charge in [-0.05, 0) is 30.2 Å². The molecule has 2 N–H and O–H groups in total. The molecule has 0 saturated heterocycles. The highest BCUT2D eigenvalue weighted by Gasteiger charge is 2.34. The number of carbonyl (C=O) groups excluding carboxylic acids is 2. The molecule has 0 aliphatic carbocycles. The van der Waals surface area contributed by atoms with Crippen molar-refractivity contribution in [2.75, 3.05) is 5.32 Å². The lowest BCUT2D eigenvalue weighted by Crippen LogP contribution is -2.47. The monoisotopic (exact) mass is 334 g/mol. The Morgan fingerprint density at radius 3 is 2.88 bits per heavy atom. The summed E-state index contributed by atoms with van der Waals surface area (Å²) in [5, 5.41) is 3.76. The molecule has 1 atom stereocenters. The number of anilines is 1. The third-order valence-corrected chi connectivity index (χ3v) is 4.60. The summed E-state index contributed by atoms with van der Waals surface area (Å²) in [5.41, 5.74) is 3.02. The molecule has 3 aromatic rings. The fraction of sp³-hybridized carbons (Fsp3) is 0.211. The molecule has 1 aromatic carbocycles. The van der Waals surface area contributed by atoms with Gasteiger partial charge in [0.05, 0.1) is 5.56 Å². The van der Waals surface area contributed by atoms with Crippen LogP contribution in [0, 0.1) is 0 Å². The van der Waals surface area contributed by atoms with E-state index in [1.165, 1.54) is 0 Å². The molecule has 1 aliphatic rings. The van der Waals surface area contributed by atoms with Crippen LogP contribution in [0.3, 0.4) is 0 Å². The fourth-order valence-corrected chi connectivity index (χ4v) is 3.38. The minimum atomic E-state index is -0.529. The van der Waals surface area contributed by atoms with E-state index in [4.69, 9.17) is 0 Å². The first-order chi connectivity index (χ1) is 12.2. The number of aromatic nitrogens is 2. The van der Waals surface area contributed by atoms with Gasteiger partial charge in [-0.25, -0.2) is 4.98 Å².